The van der Waals surface area contributed by atoms with E-state index in [1.165, 1.54) is 19.4 Å². The van der Waals surface area contributed by atoms with Crippen molar-refractivity contribution in [1.29, 1.82) is 0 Å². The summed E-state index contributed by atoms with van der Waals surface area (Å²) in [5.74, 6) is -0.0955. The van der Waals surface area contributed by atoms with E-state index in [0.29, 0.717) is 55.2 Å². The first-order valence-electron chi connectivity index (χ1n) is 17.2. The number of piperazine rings is 1. The van der Waals surface area contributed by atoms with Crippen molar-refractivity contribution < 1.29 is 32.9 Å². The number of halogens is 1. The van der Waals surface area contributed by atoms with E-state index in [0.717, 1.165) is 30.8 Å². The van der Waals surface area contributed by atoms with Crippen molar-refractivity contribution in [2.75, 3.05) is 82.2 Å². The Labute approximate surface area is 302 Å². The Morgan fingerprint density at radius 3 is 2.48 bits per heavy atom. The van der Waals surface area contributed by atoms with E-state index in [4.69, 9.17) is 18.9 Å². The van der Waals surface area contributed by atoms with Crippen molar-refractivity contribution in [1.82, 2.24) is 19.8 Å². The number of morpholine rings is 1. The molecule has 0 saturated carbocycles. The monoisotopic (exact) mass is 713 g/mol. The molecule has 0 aliphatic carbocycles. The molecule has 2 fully saturated rings. The van der Waals surface area contributed by atoms with Gasteiger partial charge in [-0.25, -0.2) is 9.37 Å². The minimum atomic E-state index is -0.490. The minimum absolute atomic E-state index is 0.0532. The summed E-state index contributed by atoms with van der Waals surface area (Å²) < 4.78 is 38.3. The van der Waals surface area contributed by atoms with E-state index in [1.54, 1.807) is 35.2 Å². The first-order valence-corrected chi connectivity index (χ1v) is 17.2. The predicted octanol–water partition coefficient (Wildman–Crippen LogP) is 5.41. The molecule has 2 amide bonds. The molecule has 4 aromatic rings. The predicted molar refractivity (Wildman–Crippen MR) is 196 cm³/mol. The lowest BCUT2D eigenvalue weighted by Gasteiger charge is -2.39. The Kier molecular flexibility index (Phi) is 11.4. The smallest absolute Gasteiger partial charge is 0.262 e. The molecule has 2 aliphatic rings. The molecule has 1 unspecified atom stereocenters. The van der Waals surface area contributed by atoms with Gasteiger partial charge in [-0.3, -0.25) is 9.59 Å². The Bertz CT molecular complexity index is 1900. The molecular weight excluding hydrogens is 669 g/mol. The lowest BCUT2D eigenvalue weighted by Crippen LogP contribution is -2.50. The number of para-hydroxylation sites is 1. The molecule has 2 saturated heterocycles. The number of nitrogens with zero attached hydrogens (tertiary/aromatic N) is 5. The first kappa shape index (κ1) is 36.3. The molecule has 3 aromatic carbocycles. The highest BCUT2D eigenvalue weighted by atomic mass is 19.1. The number of likely N-dealkylation sites (N-methyl/N-ethyl adjacent to an activating group) is 1. The highest BCUT2D eigenvalue weighted by molar-refractivity contribution is 6.06. The van der Waals surface area contributed by atoms with Crippen LogP contribution in [0.1, 0.15) is 28.4 Å². The second kappa shape index (κ2) is 16.3. The van der Waals surface area contributed by atoms with Crippen LogP contribution >= 0.6 is 0 Å². The topological polar surface area (TPSA) is 131 Å². The molecule has 14 heteroatoms. The fourth-order valence-electron chi connectivity index (χ4n) is 6.07. The van der Waals surface area contributed by atoms with Crippen molar-refractivity contribution in [3.63, 3.8) is 0 Å². The zero-order valence-electron chi connectivity index (χ0n) is 30.1. The fourth-order valence-corrected chi connectivity index (χ4v) is 6.07. The number of benzene rings is 3. The van der Waals surface area contributed by atoms with Crippen LogP contribution in [0.3, 0.4) is 0 Å². The highest BCUT2D eigenvalue weighted by Crippen LogP contribution is 2.36. The second-order valence-electron chi connectivity index (χ2n) is 12.9. The Morgan fingerprint density at radius 1 is 1.00 bits per heavy atom. The summed E-state index contributed by atoms with van der Waals surface area (Å²) in [7, 11) is 3.53. The first-order chi connectivity index (χ1) is 25.1. The molecule has 52 heavy (non-hydrogen) atoms. The zero-order chi connectivity index (χ0) is 36.8. The molecule has 1 aromatic heterocycles. The van der Waals surface area contributed by atoms with Gasteiger partial charge in [0, 0.05) is 62.4 Å². The number of carbonyl (C=O) groups is 2. The van der Waals surface area contributed by atoms with Gasteiger partial charge in [0.1, 0.15) is 17.1 Å². The Balaban J connectivity index is 1.25. The van der Waals surface area contributed by atoms with Gasteiger partial charge in [-0.05, 0) is 69.3 Å². The number of hydrogen-bond acceptors (Lipinski definition) is 11. The fraction of sp³-hybridized carbons (Fsp3) is 0.368. The van der Waals surface area contributed by atoms with Crippen LogP contribution in [0.25, 0.3) is 0 Å². The number of hydrogen-bond donors (Lipinski definition) is 2. The number of anilines is 4. The maximum atomic E-state index is 15.4. The molecular formula is C38H44FN7O6. The normalized spacial score (nSPS) is 16.3. The van der Waals surface area contributed by atoms with E-state index < -0.39 is 5.91 Å². The molecule has 3 heterocycles. The van der Waals surface area contributed by atoms with Crippen LogP contribution in [0.15, 0.2) is 60.8 Å². The standard InChI is InChI=1S/C38H44FN7O6/c1-24-7-6-8-25(2)35(24)42-36(48)29-21-40-38(41-27-9-11-31(30(39)19-27)46-14-13-44(4)26(3)22-46)43-37(29)52-32-12-10-28(20-33(32)49-5)51-23-34(47)45-15-17-50-18-16-45/h6-12,19-21,26H,13-18,22-23H2,1-5H3,(H,42,48)(H,40,41,43). The van der Waals surface area contributed by atoms with Gasteiger partial charge in [0.05, 0.1) is 26.0 Å². The molecule has 1 atom stereocenters. The highest BCUT2D eigenvalue weighted by Gasteiger charge is 2.24. The number of nitrogens with one attached hydrogen (secondary N) is 2. The third-order valence-electron chi connectivity index (χ3n) is 9.29. The van der Waals surface area contributed by atoms with Crippen LogP contribution in [0.2, 0.25) is 0 Å². The molecule has 2 aliphatic heterocycles. The van der Waals surface area contributed by atoms with Crippen LogP contribution in [-0.2, 0) is 9.53 Å². The quantitative estimate of drug-likeness (QED) is 0.207. The number of aromatic nitrogens is 2. The van der Waals surface area contributed by atoms with Crippen LogP contribution in [-0.4, -0.2) is 104 Å². The molecule has 2 N–H and O–H groups in total. The maximum absolute atomic E-state index is 15.4. The largest absolute Gasteiger partial charge is 0.493 e. The van der Waals surface area contributed by atoms with Crippen molar-refractivity contribution in [3.8, 4) is 23.1 Å². The van der Waals surface area contributed by atoms with Gasteiger partial charge in [-0.2, -0.15) is 4.98 Å². The van der Waals surface area contributed by atoms with Gasteiger partial charge in [-0.1, -0.05) is 18.2 Å². The summed E-state index contributed by atoms with van der Waals surface area (Å²) >= 11 is 0. The van der Waals surface area contributed by atoms with Crippen LogP contribution in [0.4, 0.5) is 27.4 Å². The average Bonchev–Trinajstić information content (AvgIpc) is 3.14. The van der Waals surface area contributed by atoms with Gasteiger partial charge in [0.15, 0.2) is 18.1 Å². The van der Waals surface area contributed by atoms with E-state index >= 15 is 4.39 Å². The second-order valence-corrected chi connectivity index (χ2v) is 12.9. The van der Waals surface area contributed by atoms with Crippen LogP contribution in [0, 0.1) is 19.7 Å². The third kappa shape index (κ3) is 8.52. The zero-order valence-corrected chi connectivity index (χ0v) is 30.1. The lowest BCUT2D eigenvalue weighted by atomic mass is 10.1. The summed E-state index contributed by atoms with van der Waals surface area (Å²) in [4.78, 5) is 41.3. The van der Waals surface area contributed by atoms with Crippen molar-refractivity contribution >= 4 is 34.8 Å². The van der Waals surface area contributed by atoms with E-state index in [2.05, 4.69) is 39.5 Å². The molecule has 13 nitrogen and oxygen atoms in total. The number of rotatable bonds is 11. The number of methoxy groups -OCH3 is 1. The summed E-state index contributed by atoms with van der Waals surface area (Å²) in [6.07, 6.45) is 1.35. The molecule has 6 rings (SSSR count). The summed E-state index contributed by atoms with van der Waals surface area (Å²) in [5, 5.41) is 6.01. The molecule has 0 bridgehead atoms. The number of amides is 2. The van der Waals surface area contributed by atoms with E-state index in [-0.39, 0.29) is 47.2 Å². The molecule has 0 spiro atoms. The average molecular weight is 714 g/mol. The van der Waals surface area contributed by atoms with Crippen LogP contribution < -0.4 is 29.7 Å². The van der Waals surface area contributed by atoms with Gasteiger partial charge >= 0.3 is 0 Å². The minimum Gasteiger partial charge on any atom is -0.493 e. The van der Waals surface area contributed by atoms with E-state index in [9.17, 15) is 9.59 Å². The van der Waals surface area contributed by atoms with Crippen molar-refractivity contribution in [3.05, 3.63) is 83.3 Å². The Hall–Kier alpha value is -5.47. The number of carbonyl (C=O) groups excluding carboxylic acids is 2. The van der Waals surface area contributed by atoms with Crippen molar-refractivity contribution in [2.24, 2.45) is 0 Å². The van der Waals surface area contributed by atoms with Crippen LogP contribution in [0.5, 0.6) is 23.1 Å². The summed E-state index contributed by atoms with van der Waals surface area (Å²) in [6.45, 7) is 10.1. The SMILES string of the molecule is COc1cc(OCC(=O)N2CCOCC2)ccc1Oc1nc(Nc2ccc(N3CCN(C)C(C)C3)c(F)c2)ncc1C(=O)Nc1c(C)cccc1C. The van der Waals surface area contributed by atoms with Gasteiger partial charge in [-0.15, -0.1) is 0 Å². The Morgan fingerprint density at radius 2 is 1.77 bits per heavy atom. The summed E-state index contributed by atoms with van der Waals surface area (Å²) in [6, 6.07) is 15.7. The number of ether oxygens (including phenoxy) is 4. The maximum Gasteiger partial charge on any atom is 0.262 e. The molecule has 0 radical (unpaired) electrons. The van der Waals surface area contributed by atoms with Gasteiger partial charge in [0.25, 0.3) is 11.8 Å². The summed E-state index contributed by atoms with van der Waals surface area (Å²) in [5.41, 5.74) is 3.44. The van der Waals surface area contributed by atoms with E-state index in [1.807, 2.05) is 36.9 Å². The van der Waals surface area contributed by atoms with Crippen molar-refractivity contribution in [2.45, 2.75) is 26.8 Å². The van der Waals surface area contributed by atoms with Gasteiger partial charge < -0.3 is 44.3 Å². The molecule has 274 valence electrons. The third-order valence-corrected chi connectivity index (χ3v) is 9.29. The van der Waals surface area contributed by atoms with Gasteiger partial charge in [0.2, 0.25) is 11.8 Å². The lowest BCUT2D eigenvalue weighted by molar-refractivity contribution is -0.137. The number of aryl methyl sites for hydroxylation is 2.